The molecular weight excluding hydrogens is 264 g/mol. The molecule has 0 bridgehead atoms. The van der Waals surface area contributed by atoms with Crippen molar-refractivity contribution in [2.75, 3.05) is 19.7 Å². The molecule has 1 aromatic carbocycles. The number of carboxylic acids is 2. The average Bonchev–Trinajstić information content (AvgIpc) is 2.39. The monoisotopic (exact) mass is 282 g/mol. The van der Waals surface area contributed by atoms with Crippen molar-refractivity contribution in [3.8, 4) is 5.75 Å². The molecule has 0 unspecified atom stereocenters. The van der Waals surface area contributed by atoms with Crippen LogP contribution in [0.25, 0.3) is 0 Å². The van der Waals surface area contributed by atoms with Gasteiger partial charge in [0.1, 0.15) is 18.4 Å². The number of carbonyl (C=O) groups is 2. The molecular formula is C13H18N2O5. The van der Waals surface area contributed by atoms with Crippen molar-refractivity contribution in [2.24, 2.45) is 5.73 Å². The molecule has 0 aliphatic rings. The fourth-order valence-corrected chi connectivity index (χ4v) is 1.50. The molecule has 20 heavy (non-hydrogen) atoms. The minimum atomic E-state index is -1.03. The molecule has 7 nitrogen and oxygen atoms in total. The van der Waals surface area contributed by atoms with Crippen LogP contribution in [0.4, 0.5) is 0 Å². The summed E-state index contributed by atoms with van der Waals surface area (Å²) in [6.45, 7) is 0.675. The van der Waals surface area contributed by atoms with Crippen molar-refractivity contribution < 1.29 is 24.5 Å². The summed E-state index contributed by atoms with van der Waals surface area (Å²) in [5.41, 5.74) is 6.25. The molecule has 5 N–H and O–H groups in total. The molecule has 0 heterocycles. The molecule has 7 heteroatoms. The summed E-state index contributed by atoms with van der Waals surface area (Å²) in [7, 11) is 0. The second kappa shape index (κ2) is 8.13. The van der Waals surface area contributed by atoms with E-state index in [0.29, 0.717) is 18.9 Å². The van der Waals surface area contributed by atoms with E-state index in [2.05, 4.69) is 5.32 Å². The molecule has 0 aliphatic carbocycles. The van der Waals surface area contributed by atoms with Gasteiger partial charge in [0, 0.05) is 6.54 Å². The zero-order chi connectivity index (χ0) is 15.0. The van der Waals surface area contributed by atoms with Crippen molar-refractivity contribution in [1.82, 2.24) is 5.32 Å². The highest BCUT2D eigenvalue weighted by Gasteiger charge is 2.11. The highest BCUT2D eigenvalue weighted by Crippen LogP contribution is 2.13. The second-order valence-electron chi connectivity index (χ2n) is 4.21. The Balaban J connectivity index is 2.31. The maximum absolute atomic E-state index is 10.6. The van der Waals surface area contributed by atoms with Crippen LogP contribution in [0.5, 0.6) is 5.75 Å². The van der Waals surface area contributed by atoms with E-state index < -0.39 is 18.0 Å². The molecule has 0 aromatic heterocycles. The number of nitrogens with one attached hydrogen (secondary N) is 1. The maximum atomic E-state index is 10.6. The van der Waals surface area contributed by atoms with Gasteiger partial charge in [-0.25, -0.2) is 0 Å². The minimum absolute atomic E-state index is 0.102. The van der Waals surface area contributed by atoms with Gasteiger partial charge >= 0.3 is 11.9 Å². The smallest absolute Gasteiger partial charge is 0.320 e. The van der Waals surface area contributed by atoms with Gasteiger partial charge in [0.2, 0.25) is 0 Å². The molecule has 0 radical (unpaired) electrons. The zero-order valence-electron chi connectivity index (χ0n) is 10.9. The van der Waals surface area contributed by atoms with Gasteiger partial charge < -0.3 is 26.0 Å². The third kappa shape index (κ3) is 6.17. The molecule has 1 aromatic rings. The summed E-state index contributed by atoms with van der Waals surface area (Å²) in [5.74, 6) is -1.31. The molecule has 1 rings (SSSR count). The Morgan fingerprint density at radius 3 is 2.45 bits per heavy atom. The van der Waals surface area contributed by atoms with Crippen LogP contribution < -0.4 is 15.8 Å². The first-order valence-corrected chi connectivity index (χ1v) is 6.11. The number of ether oxygens (including phenoxy) is 1. The van der Waals surface area contributed by atoms with Crippen LogP contribution in [0.15, 0.2) is 24.3 Å². The fraction of sp³-hybridized carbons (Fsp3) is 0.385. The molecule has 0 saturated carbocycles. The normalized spacial score (nSPS) is 11.8. The molecule has 0 amide bonds. The SMILES string of the molecule is N[C@@H](Cc1ccc(OCCNCC(=O)O)cc1)C(=O)O. The van der Waals surface area contributed by atoms with Gasteiger partial charge in [0.25, 0.3) is 0 Å². The van der Waals surface area contributed by atoms with Crippen LogP contribution in [0.1, 0.15) is 5.56 Å². The number of aliphatic carboxylic acids is 2. The van der Waals surface area contributed by atoms with Crippen molar-refractivity contribution >= 4 is 11.9 Å². The lowest BCUT2D eigenvalue weighted by Crippen LogP contribution is -2.32. The number of benzene rings is 1. The van der Waals surface area contributed by atoms with Crippen molar-refractivity contribution in [3.63, 3.8) is 0 Å². The third-order valence-electron chi connectivity index (χ3n) is 2.52. The summed E-state index contributed by atoms with van der Waals surface area (Å²) in [5, 5.41) is 19.8. The van der Waals surface area contributed by atoms with E-state index >= 15 is 0 Å². The van der Waals surface area contributed by atoms with Gasteiger partial charge in [-0.05, 0) is 24.1 Å². The standard InChI is InChI=1S/C13H18N2O5/c14-11(13(18)19)7-9-1-3-10(4-2-9)20-6-5-15-8-12(16)17/h1-4,11,15H,5-8,14H2,(H,16,17)(H,18,19)/t11-/m0/s1. The van der Waals surface area contributed by atoms with Gasteiger partial charge in [-0.2, -0.15) is 0 Å². The van der Waals surface area contributed by atoms with Gasteiger partial charge in [0.15, 0.2) is 0 Å². The summed E-state index contributed by atoms with van der Waals surface area (Å²) in [6, 6.07) is 6.04. The highest BCUT2D eigenvalue weighted by atomic mass is 16.5. The van der Waals surface area contributed by atoms with E-state index in [4.69, 9.17) is 20.7 Å². The van der Waals surface area contributed by atoms with Crippen LogP contribution in [0.2, 0.25) is 0 Å². The maximum Gasteiger partial charge on any atom is 0.320 e. The molecule has 0 saturated heterocycles. The first-order chi connectivity index (χ1) is 9.49. The van der Waals surface area contributed by atoms with Crippen LogP contribution >= 0.6 is 0 Å². The van der Waals surface area contributed by atoms with Crippen LogP contribution in [-0.4, -0.2) is 47.9 Å². The van der Waals surface area contributed by atoms with E-state index in [9.17, 15) is 9.59 Å². The third-order valence-corrected chi connectivity index (χ3v) is 2.52. The molecule has 0 fully saturated rings. The summed E-state index contributed by atoms with van der Waals surface area (Å²) >= 11 is 0. The Kier molecular flexibility index (Phi) is 6.48. The minimum Gasteiger partial charge on any atom is -0.492 e. The van der Waals surface area contributed by atoms with Crippen LogP contribution in [-0.2, 0) is 16.0 Å². The van der Waals surface area contributed by atoms with Crippen LogP contribution in [0, 0.1) is 0 Å². The van der Waals surface area contributed by atoms with E-state index in [-0.39, 0.29) is 13.0 Å². The Hall–Kier alpha value is -2.12. The lowest BCUT2D eigenvalue weighted by molar-refractivity contribution is -0.138. The first kappa shape index (κ1) is 15.9. The molecule has 1 atom stereocenters. The van der Waals surface area contributed by atoms with Gasteiger partial charge in [-0.3, -0.25) is 9.59 Å². The second-order valence-corrected chi connectivity index (χ2v) is 4.21. The first-order valence-electron chi connectivity index (χ1n) is 6.11. The van der Waals surface area contributed by atoms with Gasteiger partial charge in [-0.1, -0.05) is 12.1 Å². The summed E-state index contributed by atoms with van der Waals surface area (Å²) in [6.07, 6.45) is 0.260. The zero-order valence-corrected chi connectivity index (χ0v) is 10.9. The Morgan fingerprint density at radius 2 is 1.90 bits per heavy atom. The lowest BCUT2D eigenvalue weighted by atomic mass is 10.1. The molecule has 0 spiro atoms. The topological polar surface area (TPSA) is 122 Å². The van der Waals surface area contributed by atoms with E-state index in [1.54, 1.807) is 24.3 Å². The van der Waals surface area contributed by atoms with Gasteiger partial charge in [0.05, 0.1) is 6.54 Å². The Morgan fingerprint density at radius 1 is 1.25 bits per heavy atom. The number of carboxylic acid groups (broad SMARTS) is 2. The average molecular weight is 282 g/mol. The molecule has 0 aliphatic heterocycles. The summed E-state index contributed by atoms with van der Waals surface area (Å²) in [4.78, 5) is 20.9. The van der Waals surface area contributed by atoms with Crippen molar-refractivity contribution in [2.45, 2.75) is 12.5 Å². The lowest BCUT2D eigenvalue weighted by Gasteiger charge is -2.09. The van der Waals surface area contributed by atoms with Gasteiger partial charge in [-0.15, -0.1) is 0 Å². The quantitative estimate of drug-likeness (QED) is 0.458. The fourth-order valence-electron chi connectivity index (χ4n) is 1.50. The highest BCUT2D eigenvalue weighted by molar-refractivity contribution is 5.73. The Bertz CT molecular complexity index is 447. The van der Waals surface area contributed by atoms with E-state index in [1.807, 2.05) is 0 Å². The van der Waals surface area contributed by atoms with E-state index in [0.717, 1.165) is 5.56 Å². The number of hydrogen-bond acceptors (Lipinski definition) is 5. The van der Waals surface area contributed by atoms with Crippen LogP contribution in [0.3, 0.4) is 0 Å². The van der Waals surface area contributed by atoms with E-state index in [1.165, 1.54) is 0 Å². The van der Waals surface area contributed by atoms with Crippen molar-refractivity contribution in [3.05, 3.63) is 29.8 Å². The van der Waals surface area contributed by atoms with Crippen molar-refractivity contribution in [1.29, 1.82) is 0 Å². The number of hydrogen-bond donors (Lipinski definition) is 4. The Labute approximate surface area is 116 Å². The predicted octanol–water partition coefficient (Wildman–Crippen LogP) is -0.306. The molecule has 110 valence electrons. The number of nitrogens with two attached hydrogens (primary N) is 1. The summed E-state index contributed by atoms with van der Waals surface area (Å²) < 4.78 is 5.39. The largest absolute Gasteiger partial charge is 0.492 e. The predicted molar refractivity (Wildman–Crippen MR) is 71.8 cm³/mol. The number of rotatable bonds is 9.